The highest BCUT2D eigenvalue weighted by Gasteiger charge is 2.24. The van der Waals surface area contributed by atoms with Gasteiger partial charge in [0.1, 0.15) is 5.82 Å². The van der Waals surface area contributed by atoms with Gasteiger partial charge in [0.05, 0.1) is 21.3 Å². The maximum atomic E-state index is 13.3. The van der Waals surface area contributed by atoms with E-state index in [-0.39, 0.29) is 22.2 Å². The van der Waals surface area contributed by atoms with E-state index in [1.54, 1.807) is 6.92 Å². The van der Waals surface area contributed by atoms with Gasteiger partial charge in [0.2, 0.25) is 0 Å². The highest BCUT2D eigenvalue weighted by Crippen LogP contribution is 2.28. The Bertz CT molecular complexity index is 765. The standard InChI is InChI=1S/C14H14ClFN2O2S/c1-2-18(11-5-3-4-10(16)8-11)21(19,20)12-6-7-14(17)13(15)9-12/h3-9H,2,17H2,1H3. The molecule has 0 aliphatic heterocycles. The molecular formula is C14H14ClFN2O2S. The zero-order chi connectivity index (χ0) is 15.6. The number of nitrogen functional groups attached to an aromatic ring is 1. The molecule has 2 rings (SSSR count). The molecule has 2 aromatic rings. The van der Waals surface area contributed by atoms with Gasteiger partial charge in [-0.3, -0.25) is 4.31 Å². The SMILES string of the molecule is CCN(c1cccc(F)c1)S(=O)(=O)c1ccc(N)c(Cl)c1. The van der Waals surface area contributed by atoms with Crippen LogP contribution in [-0.4, -0.2) is 15.0 Å². The number of hydrogen-bond acceptors (Lipinski definition) is 3. The number of nitrogens with zero attached hydrogens (tertiary/aromatic N) is 1. The molecule has 0 bridgehead atoms. The average Bonchev–Trinajstić information content (AvgIpc) is 2.42. The van der Waals surface area contributed by atoms with E-state index in [9.17, 15) is 12.8 Å². The second-order valence-corrected chi connectivity index (χ2v) is 6.60. The predicted octanol–water partition coefficient (Wildman–Crippen LogP) is 3.28. The summed E-state index contributed by atoms with van der Waals surface area (Å²) in [5.74, 6) is -0.503. The quantitative estimate of drug-likeness (QED) is 0.876. The molecule has 0 radical (unpaired) electrons. The van der Waals surface area contributed by atoms with Crippen molar-refractivity contribution in [3.8, 4) is 0 Å². The second-order valence-electron chi connectivity index (χ2n) is 4.33. The third-order valence-corrected chi connectivity index (χ3v) is 5.17. The van der Waals surface area contributed by atoms with Gasteiger partial charge >= 0.3 is 0 Å². The summed E-state index contributed by atoms with van der Waals surface area (Å²) >= 11 is 5.87. The maximum absolute atomic E-state index is 13.3. The molecule has 2 N–H and O–H groups in total. The molecule has 0 unspecified atom stereocenters. The number of benzene rings is 2. The van der Waals surface area contributed by atoms with Gasteiger partial charge in [0, 0.05) is 6.54 Å². The monoisotopic (exact) mass is 328 g/mol. The molecule has 0 aromatic heterocycles. The van der Waals surface area contributed by atoms with Crippen molar-refractivity contribution in [1.29, 1.82) is 0 Å². The van der Waals surface area contributed by atoms with Crippen molar-refractivity contribution in [3.05, 3.63) is 53.3 Å². The minimum atomic E-state index is -3.83. The Morgan fingerprint density at radius 2 is 1.95 bits per heavy atom. The average molecular weight is 329 g/mol. The summed E-state index contributed by atoms with van der Waals surface area (Å²) in [4.78, 5) is 0.00723. The van der Waals surface area contributed by atoms with Crippen LogP contribution >= 0.6 is 11.6 Å². The van der Waals surface area contributed by atoms with E-state index in [0.29, 0.717) is 5.69 Å². The number of halogens is 2. The van der Waals surface area contributed by atoms with Crippen LogP contribution in [0.1, 0.15) is 6.92 Å². The number of hydrogen-bond donors (Lipinski definition) is 1. The minimum absolute atomic E-state index is 0.00723. The fraction of sp³-hybridized carbons (Fsp3) is 0.143. The molecule has 0 heterocycles. The highest BCUT2D eigenvalue weighted by molar-refractivity contribution is 7.92. The van der Waals surface area contributed by atoms with Gasteiger partial charge in [-0.2, -0.15) is 0 Å². The molecule has 0 atom stereocenters. The van der Waals surface area contributed by atoms with E-state index in [0.717, 1.165) is 4.31 Å². The molecule has 112 valence electrons. The zero-order valence-electron chi connectivity index (χ0n) is 11.3. The van der Waals surface area contributed by atoms with Crippen molar-refractivity contribution in [3.63, 3.8) is 0 Å². The van der Waals surface area contributed by atoms with Crippen LogP contribution in [0, 0.1) is 5.82 Å². The first kappa shape index (κ1) is 15.6. The molecule has 4 nitrogen and oxygen atoms in total. The van der Waals surface area contributed by atoms with E-state index in [2.05, 4.69) is 0 Å². The van der Waals surface area contributed by atoms with E-state index in [1.165, 1.54) is 42.5 Å². The number of anilines is 2. The van der Waals surface area contributed by atoms with Gasteiger partial charge in [0.25, 0.3) is 10.0 Å². The van der Waals surface area contributed by atoms with Crippen LogP contribution in [-0.2, 0) is 10.0 Å². The van der Waals surface area contributed by atoms with Gasteiger partial charge in [-0.05, 0) is 43.3 Å². The first-order valence-corrected chi connectivity index (χ1v) is 8.01. The predicted molar refractivity (Wildman–Crippen MR) is 82.5 cm³/mol. The summed E-state index contributed by atoms with van der Waals surface area (Å²) in [7, 11) is -3.83. The van der Waals surface area contributed by atoms with Crippen molar-refractivity contribution < 1.29 is 12.8 Å². The summed E-state index contributed by atoms with van der Waals surface area (Å²) in [5, 5.41) is 0.159. The van der Waals surface area contributed by atoms with Crippen LogP contribution in [0.5, 0.6) is 0 Å². The number of sulfonamides is 1. The first-order valence-electron chi connectivity index (χ1n) is 6.19. The van der Waals surface area contributed by atoms with Crippen molar-refractivity contribution in [1.82, 2.24) is 0 Å². The molecule has 0 aliphatic carbocycles. The molecule has 0 saturated carbocycles. The van der Waals surface area contributed by atoms with Gasteiger partial charge in [-0.25, -0.2) is 12.8 Å². The lowest BCUT2D eigenvalue weighted by Crippen LogP contribution is -2.30. The normalized spacial score (nSPS) is 11.4. The Kier molecular flexibility index (Phi) is 4.39. The van der Waals surface area contributed by atoms with Crippen LogP contribution in [0.25, 0.3) is 0 Å². The maximum Gasteiger partial charge on any atom is 0.264 e. The summed E-state index contributed by atoms with van der Waals surface area (Å²) in [6.45, 7) is 1.83. The van der Waals surface area contributed by atoms with Crippen molar-refractivity contribution in [2.75, 3.05) is 16.6 Å². The van der Waals surface area contributed by atoms with E-state index in [4.69, 9.17) is 17.3 Å². The smallest absolute Gasteiger partial charge is 0.264 e. The minimum Gasteiger partial charge on any atom is -0.398 e. The molecule has 7 heteroatoms. The molecule has 0 saturated heterocycles. The molecule has 0 amide bonds. The zero-order valence-corrected chi connectivity index (χ0v) is 12.8. The first-order chi connectivity index (χ1) is 9.86. The molecule has 0 spiro atoms. The van der Waals surface area contributed by atoms with Gasteiger partial charge in [0.15, 0.2) is 0 Å². The highest BCUT2D eigenvalue weighted by atomic mass is 35.5. The Morgan fingerprint density at radius 3 is 2.52 bits per heavy atom. The Balaban J connectivity index is 2.51. The number of nitrogens with two attached hydrogens (primary N) is 1. The second kappa shape index (κ2) is 5.91. The fourth-order valence-corrected chi connectivity index (χ4v) is 3.66. The van der Waals surface area contributed by atoms with Crippen LogP contribution < -0.4 is 10.0 Å². The summed E-state index contributed by atoms with van der Waals surface area (Å²) < 4.78 is 39.7. The molecule has 0 aliphatic rings. The van der Waals surface area contributed by atoms with Crippen LogP contribution in [0.4, 0.5) is 15.8 Å². The summed E-state index contributed by atoms with van der Waals surface area (Å²) in [6.07, 6.45) is 0. The fourth-order valence-electron chi connectivity index (χ4n) is 1.92. The molecule has 0 fully saturated rings. The van der Waals surface area contributed by atoms with Gasteiger partial charge in [-0.1, -0.05) is 17.7 Å². The third kappa shape index (κ3) is 3.11. The lowest BCUT2D eigenvalue weighted by molar-refractivity contribution is 0.591. The van der Waals surface area contributed by atoms with Crippen molar-refractivity contribution >= 4 is 33.0 Å². The topological polar surface area (TPSA) is 63.4 Å². The van der Waals surface area contributed by atoms with Crippen LogP contribution in [0.2, 0.25) is 5.02 Å². The largest absolute Gasteiger partial charge is 0.398 e. The van der Waals surface area contributed by atoms with Crippen LogP contribution in [0.15, 0.2) is 47.4 Å². The number of rotatable bonds is 4. The van der Waals surface area contributed by atoms with Gasteiger partial charge in [-0.15, -0.1) is 0 Å². The Morgan fingerprint density at radius 1 is 1.24 bits per heavy atom. The Hall–Kier alpha value is -1.79. The summed E-state index contributed by atoms with van der Waals surface area (Å²) in [5.41, 5.74) is 6.13. The molecular weight excluding hydrogens is 315 g/mol. The molecule has 2 aromatic carbocycles. The van der Waals surface area contributed by atoms with E-state index < -0.39 is 15.8 Å². The van der Waals surface area contributed by atoms with Crippen molar-refractivity contribution in [2.45, 2.75) is 11.8 Å². The summed E-state index contributed by atoms with van der Waals surface area (Å²) in [6, 6.07) is 9.49. The van der Waals surface area contributed by atoms with Crippen molar-refractivity contribution in [2.24, 2.45) is 0 Å². The lowest BCUT2D eigenvalue weighted by atomic mass is 10.3. The Labute approximate surface area is 128 Å². The van der Waals surface area contributed by atoms with E-state index in [1.807, 2.05) is 0 Å². The van der Waals surface area contributed by atoms with Gasteiger partial charge < -0.3 is 5.73 Å². The van der Waals surface area contributed by atoms with Crippen LogP contribution in [0.3, 0.4) is 0 Å². The lowest BCUT2D eigenvalue weighted by Gasteiger charge is -2.23. The molecule has 21 heavy (non-hydrogen) atoms. The third-order valence-electron chi connectivity index (χ3n) is 2.94. The van der Waals surface area contributed by atoms with E-state index >= 15 is 0 Å².